The first kappa shape index (κ1) is 18.3. The van der Waals surface area contributed by atoms with E-state index in [2.05, 4.69) is 22.1 Å². The van der Waals surface area contributed by atoms with Gasteiger partial charge in [-0.25, -0.2) is 4.98 Å². The molecule has 0 atom stereocenters. The molecule has 28 heavy (non-hydrogen) atoms. The van der Waals surface area contributed by atoms with E-state index in [1.54, 1.807) is 13.3 Å². The zero-order chi connectivity index (χ0) is 19.3. The number of carbonyl (C=O) groups is 1. The molecule has 2 heterocycles. The average molecular weight is 375 g/mol. The number of carbonyl (C=O) groups excluding carboxylic acids is 1. The molecule has 1 aromatic heterocycles. The predicted molar refractivity (Wildman–Crippen MR) is 109 cm³/mol. The molecule has 0 saturated carbocycles. The van der Waals surface area contributed by atoms with Gasteiger partial charge in [0.1, 0.15) is 11.6 Å². The Morgan fingerprint density at radius 2 is 1.93 bits per heavy atom. The highest BCUT2D eigenvalue weighted by Gasteiger charge is 2.26. The van der Waals surface area contributed by atoms with Crippen LogP contribution in [-0.4, -0.2) is 41.0 Å². The maximum Gasteiger partial charge on any atom is 0.257 e. The predicted octanol–water partition coefficient (Wildman–Crippen LogP) is 4.18. The van der Waals surface area contributed by atoms with Crippen LogP contribution in [0.2, 0.25) is 0 Å². The van der Waals surface area contributed by atoms with Crippen molar-refractivity contribution >= 4 is 5.91 Å². The lowest BCUT2D eigenvalue weighted by atomic mass is 9.92. The van der Waals surface area contributed by atoms with Crippen LogP contribution in [0, 0.1) is 5.92 Å². The van der Waals surface area contributed by atoms with E-state index in [0.29, 0.717) is 17.2 Å². The van der Waals surface area contributed by atoms with Gasteiger partial charge >= 0.3 is 0 Å². The van der Waals surface area contributed by atoms with Crippen molar-refractivity contribution in [3.05, 3.63) is 72.3 Å². The summed E-state index contributed by atoms with van der Waals surface area (Å²) in [5.74, 6) is 2.28. The maximum absolute atomic E-state index is 13.1. The van der Waals surface area contributed by atoms with Crippen LogP contribution in [0.4, 0.5) is 0 Å². The second kappa shape index (κ2) is 8.30. The number of H-pyrrole nitrogens is 1. The largest absolute Gasteiger partial charge is 0.496 e. The summed E-state index contributed by atoms with van der Waals surface area (Å²) in [5.41, 5.74) is 2.79. The molecule has 5 heteroatoms. The molecule has 0 aliphatic carbocycles. The third-order valence-electron chi connectivity index (χ3n) is 5.48. The molecule has 1 saturated heterocycles. The summed E-state index contributed by atoms with van der Waals surface area (Å²) >= 11 is 0. The zero-order valence-corrected chi connectivity index (χ0v) is 16.1. The lowest BCUT2D eigenvalue weighted by Crippen LogP contribution is -2.39. The second-order valence-corrected chi connectivity index (χ2v) is 7.26. The van der Waals surface area contributed by atoms with Crippen LogP contribution >= 0.6 is 0 Å². The summed E-state index contributed by atoms with van der Waals surface area (Å²) in [6, 6.07) is 16.0. The van der Waals surface area contributed by atoms with Crippen molar-refractivity contribution in [2.24, 2.45) is 5.92 Å². The number of ether oxygens (including phenoxy) is 1. The molecule has 3 aromatic rings. The zero-order valence-electron chi connectivity index (χ0n) is 16.1. The van der Waals surface area contributed by atoms with Gasteiger partial charge in [-0.15, -0.1) is 0 Å². The van der Waals surface area contributed by atoms with Crippen LogP contribution < -0.4 is 4.74 Å². The minimum absolute atomic E-state index is 0.0490. The van der Waals surface area contributed by atoms with Gasteiger partial charge in [-0.05, 0) is 42.0 Å². The van der Waals surface area contributed by atoms with Crippen LogP contribution in [0.25, 0.3) is 11.1 Å². The first-order valence-electron chi connectivity index (χ1n) is 9.75. The highest BCUT2D eigenvalue weighted by Crippen LogP contribution is 2.29. The van der Waals surface area contributed by atoms with E-state index in [4.69, 9.17) is 4.74 Å². The first-order chi connectivity index (χ1) is 13.7. The van der Waals surface area contributed by atoms with Crippen molar-refractivity contribution in [2.45, 2.75) is 19.3 Å². The van der Waals surface area contributed by atoms with Gasteiger partial charge in [-0.2, -0.15) is 0 Å². The van der Waals surface area contributed by atoms with Crippen molar-refractivity contribution < 1.29 is 9.53 Å². The van der Waals surface area contributed by atoms with Gasteiger partial charge in [0.05, 0.1) is 12.7 Å². The topological polar surface area (TPSA) is 58.2 Å². The quantitative estimate of drug-likeness (QED) is 0.728. The molecule has 0 radical (unpaired) electrons. The van der Waals surface area contributed by atoms with E-state index in [1.807, 2.05) is 47.5 Å². The summed E-state index contributed by atoms with van der Waals surface area (Å²) in [4.78, 5) is 22.5. The molecule has 1 N–H and O–H groups in total. The fourth-order valence-corrected chi connectivity index (χ4v) is 3.87. The first-order valence-corrected chi connectivity index (χ1v) is 9.75. The summed E-state index contributed by atoms with van der Waals surface area (Å²) < 4.78 is 5.55. The molecule has 1 aliphatic heterocycles. The standard InChI is InChI=1S/C23H25N3O2/c1-28-21-16-19(18-5-3-2-4-6-18)7-8-20(21)23(27)26-13-9-17(10-14-26)15-22-24-11-12-25-22/h2-8,11-12,16-17H,9-10,13-15H2,1H3,(H,24,25). The Morgan fingerprint density at radius 1 is 1.14 bits per heavy atom. The smallest absolute Gasteiger partial charge is 0.257 e. The number of rotatable bonds is 5. The van der Waals surface area contributed by atoms with E-state index >= 15 is 0 Å². The second-order valence-electron chi connectivity index (χ2n) is 7.26. The number of methoxy groups -OCH3 is 1. The molecule has 1 aliphatic rings. The van der Waals surface area contributed by atoms with E-state index < -0.39 is 0 Å². The molecule has 4 rings (SSSR count). The fraction of sp³-hybridized carbons (Fsp3) is 0.304. The van der Waals surface area contributed by atoms with E-state index in [0.717, 1.165) is 49.3 Å². The SMILES string of the molecule is COc1cc(-c2ccccc2)ccc1C(=O)N1CCC(Cc2ncc[nH]2)CC1. The molecule has 0 bridgehead atoms. The Kier molecular flexibility index (Phi) is 5.42. The molecule has 144 valence electrons. The molecule has 5 nitrogen and oxygen atoms in total. The number of hydrogen-bond acceptors (Lipinski definition) is 3. The minimum atomic E-state index is 0.0490. The maximum atomic E-state index is 13.1. The fourth-order valence-electron chi connectivity index (χ4n) is 3.87. The van der Waals surface area contributed by atoms with Crippen molar-refractivity contribution in [1.29, 1.82) is 0 Å². The van der Waals surface area contributed by atoms with E-state index in [-0.39, 0.29) is 5.91 Å². The highest BCUT2D eigenvalue weighted by molar-refractivity contribution is 5.97. The molecule has 0 unspecified atom stereocenters. The third-order valence-corrected chi connectivity index (χ3v) is 5.48. The van der Waals surface area contributed by atoms with E-state index in [9.17, 15) is 4.79 Å². The Hall–Kier alpha value is -3.08. The number of amides is 1. The van der Waals surface area contributed by atoms with Gasteiger partial charge in [-0.1, -0.05) is 36.4 Å². The molecule has 1 amide bonds. The number of likely N-dealkylation sites (tertiary alicyclic amines) is 1. The van der Waals surface area contributed by atoms with Crippen molar-refractivity contribution in [1.82, 2.24) is 14.9 Å². The minimum Gasteiger partial charge on any atom is -0.496 e. The number of piperidine rings is 1. The van der Waals surface area contributed by atoms with Crippen LogP contribution in [0.1, 0.15) is 29.0 Å². The average Bonchev–Trinajstić information content (AvgIpc) is 3.27. The van der Waals surface area contributed by atoms with Crippen LogP contribution in [0.5, 0.6) is 5.75 Å². The number of nitrogens with zero attached hydrogens (tertiary/aromatic N) is 2. The Morgan fingerprint density at radius 3 is 2.61 bits per heavy atom. The Labute approximate surface area is 165 Å². The molecular formula is C23H25N3O2. The van der Waals surface area contributed by atoms with Gasteiger partial charge < -0.3 is 14.6 Å². The van der Waals surface area contributed by atoms with Crippen molar-refractivity contribution in [3.63, 3.8) is 0 Å². The molecule has 1 fully saturated rings. The normalized spacial score (nSPS) is 14.8. The molecular weight excluding hydrogens is 350 g/mol. The summed E-state index contributed by atoms with van der Waals surface area (Å²) in [7, 11) is 1.62. The Balaban J connectivity index is 1.44. The van der Waals surface area contributed by atoms with Crippen molar-refractivity contribution in [3.8, 4) is 16.9 Å². The number of aromatic nitrogens is 2. The van der Waals surface area contributed by atoms with Gasteiger partial charge in [0, 0.05) is 31.9 Å². The van der Waals surface area contributed by atoms with Crippen LogP contribution in [0.3, 0.4) is 0 Å². The Bertz CT molecular complexity index is 914. The van der Waals surface area contributed by atoms with Crippen molar-refractivity contribution in [2.75, 3.05) is 20.2 Å². The third kappa shape index (κ3) is 3.93. The van der Waals surface area contributed by atoms with Gasteiger partial charge in [0.15, 0.2) is 0 Å². The monoisotopic (exact) mass is 375 g/mol. The number of hydrogen-bond donors (Lipinski definition) is 1. The highest BCUT2D eigenvalue weighted by atomic mass is 16.5. The lowest BCUT2D eigenvalue weighted by molar-refractivity contribution is 0.0686. The summed E-state index contributed by atoms with van der Waals surface area (Å²) in [5, 5.41) is 0. The van der Waals surface area contributed by atoms with Gasteiger partial charge in [0.25, 0.3) is 5.91 Å². The van der Waals surface area contributed by atoms with Crippen LogP contribution in [-0.2, 0) is 6.42 Å². The number of nitrogens with one attached hydrogen (secondary N) is 1. The summed E-state index contributed by atoms with van der Waals surface area (Å²) in [6.45, 7) is 1.54. The molecule has 0 spiro atoms. The lowest BCUT2D eigenvalue weighted by Gasteiger charge is -2.32. The number of imidazole rings is 1. The van der Waals surface area contributed by atoms with Gasteiger partial charge in [0.2, 0.25) is 0 Å². The molecule has 2 aromatic carbocycles. The number of aromatic amines is 1. The van der Waals surface area contributed by atoms with Gasteiger partial charge in [-0.3, -0.25) is 4.79 Å². The van der Waals surface area contributed by atoms with E-state index in [1.165, 1.54) is 0 Å². The summed E-state index contributed by atoms with van der Waals surface area (Å²) in [6.07, 6.45) is 6.59. The van der Waals surface area contributed by atoms with Crippen LogP contribution in [0.15, 0.2) is 60.9 Å². The number of benzene rings is 2.